The van der Waals surface area contributed by atoms with Crippen molar-refractivity contribution in [2.45, 2.75) is 44.7 Å². The minimum absolute atomic E-state index is 0.249. The van der Waals surface area contributed by atoms with E-state index < -0.39 is 0 Å². The van der Waals surface area contributed by atoms with Crippen LogP contribution in [0.5, 0.6) is 0 Å². The van der Waals surface area contributed by atoms with Gasteiger partial charge in [0.1, 0.15) is 0 Å². The van der Waals surface area contributed by atoms with Crippen molar-refractivity contribution in [1.29, 1.82) is 0 Å². The number of hydrogen-bond donors (Lipinski definition) is 1. The van der Waals surface area contributed by atoms with Gasteiger partial charge in [-0.2, -0.15) is 0 Å². The molecule has 0 radical (unpaired) electrons. The summed E-state index contributed by atoms with van der Waals surface area (Å²) in [6, 6.07) is 1.06. The Morgan fingerprint density at radius 2 is 2.15 bits per heavy atom. The average Bonchev–Trinajstić information content (AvgIpc) is 2.17. The number of hydrogen-bond acceptors (Lipinski definition) is 2. The Kier molecular flexibility index (Phi) is 2.54. The largest absolute Gasteiger partial charge is 0.337 e. The number of rotatable bonds is 0. The first kappa shape index (κ1) is 9.00. The van der Waals surface area contributed by atoms with E-state index in [1.54, 1.807) is 6.92 Å². The van der Waals surface area contributed by atoms with Crippen LogP contribution in [-0.4, -0.2) is 36.0 Å². The third-order valence-corrected chi connectivity index (χ3v) is 3.29. The third-order valence-electron chi connectivity index (χ3n) is 3.29. The molecule has 0 spiro atoms. The summed E-state index contributed by atoms with van der Waals surface area (Å²) >= 11 is 0. The molecule has 0 aromatic heterocycles. The van der Waals surface area contributed by atoms with E-state index in [0.29, 0.717) is 12.1 Å². The fraction of sp³-hybridized carbons (Fsp3) is 0.900. The lowest BCUT2D eigenvalue weighted by Crippen LogP contribution is -2.60. The Morgan fingerprint density at radius 3 is 2.92 bits per heavy atom. The van der Waals surface area contributed by atoms with Gasteiger partial charge < -0.3 is 10.2 Å². The molecule has 2 aliphatic rings. The fourth-order valence-electron chi connectivity index (χ4n) is 2.65. The molecular weight excluding hydrogens is 164 g/mol. The van der Waals surface area contributed by atoms with Crippen LogP contribution in [0.15, 0.2) is 0 Å². The normalized spacial score (nSPS) is 34.1. The molecule has 1 aliphatic heterocycles. The first-order valence-electron chi connectivity index (χ1n) is 5.29. The molecule has 1 saturated carbocycles. The molecule has 1 amide bonds. The molecule has 2 rings (SSSR count). The fourth-order valence-corrected chi connectivity index (χ4v) is 2.65. The number of carbonyl (C=O) groups excluding carboxylic acids is 1. The van der Waals surface area contributed by atoms with Crippen molar-refractivity contribution in [3.8, 4) is 0 Å². The topological polar surface area (TPSA) is 32.3 Å². The van der Waals surface area contributed by atoms with Gasteiger partial charge in [-0.1, -0.05) is 12.8 Å². The summed E-state index contributed by atoms with van der Waals surface area (Å²) in [5, 5.41) is 3.51. The van der Waals surface area contributed by atoms with Crippen molar-refractivity contribution in [2.24, 2.45) is 0 Å². The summed E-state index contributed by atoms with van der Waals surface area (Å²) in [6.07, 6.45) is 5.04. The van der Waals surface area contributed by atoms with Gasteiger partial charge in [0.25, 0.3) is 0 Å². The summed E-state index contributed by atoms with van der Waals surface area (Å²) in [5.74, 6) is 0.249. The van der Waals surface area contributed by atoms with E-state index in [4.69, 9.17) is 0 Å². The van der Waals surface area contributed by atoms with Crippen molar-refractivity contribution in [3.05, 3.63) is 0 Å². The van der Waals surface area contributed by atoms with Crippen molar-refractivity contribution in [2.75, 3.05) is 13.1 Å². The van der Waals surface area contributed by atoms with Gasteiger partial charge in [0.05, 0.1) is 0 Å². The van der Waals surface area contributed by atoms with Crippen molar-refractivity contribution < 1.29 is 4.79 Å². The van der Waals surface area contributed by atoms with Crippen LogP contribution >= 0.6 is 0 Å². The molecule has 0 aromatic rings. The molecule has 3 nitrogen and oxygen atoms in total. The summed E-state index contributed by atoms with van der Waals surface area (Å²) in [6.45, 7) is 3.56. The summed E-state index contributed by atoms with van der Waals surface area (Å²) < 4.78 is 0. The molecule has 1 saturated heterocycles. The van der Waals surface area contributed by atoms with Crippen molar-refractivity contribution >= 4 is 5.91 Å². The number of nitrogens with one attached hydrogen (secondary N) is 1. The van der Waals surface area contributed by atoms with Gasteiger partial charge in [-0.15, -0.1) is 0 Å². The predicted octanol–water partition coefficient (Wildman–Crippen LogP) is 0.749. The maximum Gasteiger partial charge on any atom is 0.219 e. The standard InChI is InChI=1S/C10H18N2O/c1-8(13)12-7-6-11-9-4-2-3-5-10(9)12/h9-11H,2-7H2,1H3/t9-,10-/m0/s1. The quantitative estimate of drug-likeness (QED) is 0.599. The second kappa shape index (κ2) is 3.66. The molecule has 0 bridgehead atoms. The molecule has 2 fully saturated rings. The predicted molar refractivity (Wildman–Crippen MR) is 51.4 cm³/mol. The zero-order valence-electron chi connectivity index (χ0n) is 8.25. The van der Waals surface area contributed by atoms with Crippen LogP contribution in [0.4, 0.5) is 0 Å². The first-order chi connectivity index (χ1) is 6.29. The number of nitrogens with zero attached hydrogens (tertiary/aromatic N) is 1. The van der Waals surface area contributed by atoms with Crippen molar-refractivity contribution in [3.63, 3.8) is 0 Å². The number of fused-ring (bicyclic) bond motifs is 1. The monoisotopic (exact) mass is 182 g/mol. The van der Waals surface area contributed by atoms with Crippen LogP contribution in [0, 0.1) is 0 Å². The van der Waals surface area contributed by atoms with Crippen molar-refractivity contribution in [1.82, 2.24) is 10.2 Å². The molecule has 0 unspecified atom stereocenters. The summed E-state index contributed by atoms with van der Waals surface area (Å²) in [4.78, 5) is 13.4. The number of amides is 1. The summed E-state index contributed by atoms with van der Waals surface area (Å²) in [7, 11) is 0. The zero-order valence-corrected chi connectivity index (χ0v) is 8.25. The summed E-state index contributed by atoms with van der Waals surface area (Å²) in [5.41, 5.74) is 0. The molecule has 3 heteroatoms. The van der Waals surface area contributed by atoms with Crippen LogP contribution in [0.1, 0.15) is 32.6 Å². The van der Waals surface area contributed by atoms with Gasteiger partial charge in [-0.25, -0.2) is 0 Å². The van der Waals surface area contributed by atoms with Crippen LogP contribution in [0.2, 0.25) is 0 Å². The SMILES string of the molecule is CC(=O)N1CCN[C@H]2CCCC[C@@H]21. The zero-order chi connectivity index (χ0) is 9.26. The second-order valence-corrected chi connectivity index (χ2v) is 4.12. The number of carbonyl (C=O) groups is 1. The highest BCUT2D eigenvalue weighted by Gasteiger charge is 2.33. The Bertz CT molecular complexity index is 203. The van der Waals surface area contributed by atoms with Gasteiger partial charge in [0.15, 0.2) is 0 Å². The lowest BCUT2D eigenvalue weighted by molar-refractivity contribution is -0.133. The highest BCUT2D eigenvalue weighted by molar-refractivity contribution is 5.73. The van der Waals surface area contributed by atoms with Gasteiger partial charge in [-0.05, 0) is 12.8 Å². The van der Waals surface area contributed by atoms with Gasteiger partial charge in [-0.3, -0.25) is 4.79 Å². The smallest absolute Gasteiger partial charge is 0.219 e. The van der Waals surface area contributed by atoms with Gasteiger partial charge in [0.2, 0.25) is 5.91 Å². The van der Waals surface area contributed by atoms with Crippen LogP contribution in [0.25, 0.3) is 0 Å². The third kappa shape index (κ3) is 1.70. The minimum Gasteiger partial charge on any atom is -0.337 e. The Morgan fingerprint density at radius 1 is 1.38 bits per heavy atom. The lowest BCUT2D eigenvalue weighted by atomic mass is 9.87. The van der Waals surface area contributed by atoms with E-state index in [0.717, 1.165) is 13.1 Å². The van der Waals surface area contributed by atoms with E-state index in [1.165, 1.54) is 25.7 Å². The highest BCUT2D eigenvalue weighted by atomic mass is 16.2. The van der Waals surface area contributed by atoms with Crippen LogP contribution in [0.3, 0.4) is 0 Å². The van der Waals surface area contributed by atoms with Crippen LogP contribution in [-0.2, 0) is 4.79 Å². The molecule has 74 valence electrons. The Labute approximate surface area is 79.5 Å². The average molecular weight is 182 g/mol. The van der Waals surface area contributed by atoms with E-state index in [9.17, 15) is 4.79 Å². The molecule has 1 N–H and O–H groups in total. The van der Waals surface area contributed by atoms with Gasteiger partial charge >= 0.3 is 0 Å². The molecule has 2 atom stereocenters. The molecule has 1 heterocycles. The number of piperazine rings is 1. The highest BCUT2D eigenvalue weighted by Crippen LogP contribution is 2.25. The van der Waals surface area contributed by atoms with Gasteiger partial charge in [0, 0.05) is 32.1 Å². The molecule has 1 aliphatic carbocycles. The van der Waals surface area contributed by atoms with E-state index in [2.05, 4.69) is 10.2 Å². The molecule has 0 aromatic carbocycles. The van der Waals surface area contributed by atoms with E-state index >= 15 is 0 Å². The maximum absolute atomic E-state index is 11.4. The second-order valence-electron chi connectivity index (χ2n) is 4.12. The van der Waals surface area contributed by atoms with Crippen LogP contribution < -0.4 is 5.32 Å². The molecule has 13 heavy (non-hydrogen) atoms. The molecular formula is C10H18N2O. The lowest BCUT2D eigenvalue weighted by Gasteiger charge is -2.44. The maximum atomic E-state index is 11.4. The van der Waals surface area contributed by atoms with E-state index in [-0.39, 0.29) is 5.91 Å². The Hall–Kier alpha value is -0.570. The van der Waals surface area contributed by atoms with E-state index in [1.807, 2.05) is 0 Å². The Balaban J connectivity index is 2.06. The first-order valence-corrected chi connectivity index (χ1v) is 5.29. The minimum atomic E-state index is 0.249.